The maximum Gasteiger partial charge on any atom is 0.264 e. The molecule has 3 aromatic carbocycles. The molecule has 208 valence electrons. The molecule has 1 N–H and O–H groups in total. The lowest BCUT2D eigenvalue weighted by Gasteiger charge is -2.34. The number of nitrogens with one attached hydrogen (secondary N) is 1. The van der Waals surface area contributed by atoms with Gasteiger partial charge < -0.3 is 10.2 Å². The average Bonchev–Trinajstić information content (AvgIpc) is 2.94. The van der Waals surface area contributed by atoms with Crippen LogP contribution in [-0.2, 0) is 26.2 Å². The van der Waals surface area contributed by atoms with Gasteiger partial charge in [0, 0.05) is 12.6 Å². The predicted octanol–water partition coefficient (Wildman–Crippen LogP) is 5.91. The topological polar surface area (TPSA) is 86.8 Å². The van der Waals surface area contributed by atoms with E-state index in [-0.39, 0.29) is 39.1 Å². The van der Waals surface area contributed by atoms with Crippen LogP contribution in [0.15, 0.2) is 83.8 Å². The number of hydrogen-bond donors (Lipinski definition) is 1. The number of benzene rings is 3. The summed E-state index contributed by atoms with van der Waals surface area (Å²) < 4.78 is 28.6. The Kier molecular flexibility index (Phi) is 10.8. The second kappa shape index (κ2) is 13.8. The Labute approximate surface area is 240 Å². The van der Waals surface area contributed by atoms with Crippen molar-refractivity contribution < 1.29 is 18.0 Å². The Bertz CT molecular complexity index is 1370. The molecule has 2 atom stereocenters. The lowest BCUT2D eigenvalue weighted by atomic mass is 10.1. The van der Waals surface area contributed by atoms with Crippen molar-refractivity contribution >= 4 is 50.7 Å². The molecule has 0 aromatic heterocycles. The minimum absolute atomic E-state index is 0.00244. The number of rotatable bonds is 12. The van der Waals surface area contributed by atoms with Gasteiger partial charge in [0.05, 0.1) is 20.6 Å². The lowest BCUT2D eigenvalue weighted by Crippen LogP contribution is -2.53. The van der Waals surface area contributed by atoms with Crippen molar-refractivity contribution in [1.29, 1.82) is 0 Å². The minimum Gasteiger partial charge on any atom is -0.352 e. The second-order valence-electron chi connectivity index (χ2n) is 9.15. The third-order valence-corrected chi connectivity index (χ3v) is 8.98. The number of nitrogens with zero attached hydrogens (tertiary/aromatic N) is 2. The molecule has 0 saturated heterocycles. The van der Waals surface area contributed by atoms with Crippen molar-refractivity contribution in [1.82, 2.24) is 10.2 Å². The molecule has 0 heterocycles. The largest absolute Gasteiger partial charge is 0.352 e. The van der Waals surface area contributed by atoms with Gasteiger partial charge in [0.15, 0.2) is 0 Å². The fourth-order valence-electron chi connectivity index (χ4n) is 4.06. The summed E-state index contributed by atoms with van der Waals surface area (Å²) in [5.74, 6) is -0.852. The van der Waals surface area contributed by atoms with E-state index in [1.54, 1.807) is 24.3 Å². The van der Waals surface area contributed by atoms with Gasteiger partial charge in [0.25, 0.3) is 10.0 Å². The first-order chi connectivity index (χ1) is 18.6. The molecule has 0 bridgehead atoms. The van der Waals surface area contributed by atoms with Crippen molar-refractivity contribution in [3.05, 3.63) is 94.5 Å². The quantitative estimate of drug-likeness (QED) is 0.284. The number of sulfonamides is 1. The Morgan fingerprint density at radius 2 is 1.49 bits per heavy atom. The van der Waals surface area contributed by atoms with E-state index in [1.165, 1.54) is 29.2 Å². The number of halogens is 2. The van der Waals surface area contributed by atoms with Gasteiger partial charge in [0.1, 0.15) is 12.6 Å². The first-order valence-electron chi connectivity index (χ1n) is 12.8. The fraction of sp³-hybridized carbons (Fsp3) is 0.310. The number of carbonyl (C=O) groups excluding carboxylic acids is 2. The van der Waals surface area contributed by atoms with E-state index >= 15 is 0 Å². The molecule has 0 radical (unpaired) electrons. The maximum atomic E-state index is 14.0. The number of anilines is 1. The van der Waals surface area contributed by atoms with Crippen LogP contribution >= 0.6 is 23.2 Å². The number of hydrogen-bond acceptors (Lipinski definition) is 4. The van der Waals surface area contributed by atoms with Crippen LogP contribution in [0.2, 0.25) is 10.0 Å². The third-order valence-electron chi connectivity index (χ3n) is 6.39. The molecule has 3 aromatic rings. The van der Waals surface area contributed by atoms with E-state index in [2.05, 4.69) is 5.32 Å². The standard InChI is InChI=1S/C29H33Cl2N3O4S/c1-4-21(3)32-29(36)25(5-2)33(19-22-13-8-6-9-14-22)27(35)20-34(26-18-12-17-24(30)28(26)31)39(37,38)23-15-10-7-11-16-23/h6-18,21,25H,4-5,19-20H2,1-3H3,(H,32,36)/t21-,25+/m0/s1. The van der Waals surface area contributed by atoms with Crippen molar-refractivity contribution in [3.63, 3.8) is 0 Å². The minimum atomic E-state index is -4.23. The van der Waals surface area contributed by atoms with Gasteiger partial charge in [-0.15, -0.1) is 0 Å². The molecule has 0 saturated carbocycles. The average molecular weight is 591 g/mol. The highest BCUT2D eigenvalue weighted by molar-refractivity contribution is 7.92. The number of amides is 2. The molecule has 0 unspecified atom stereocenters. The Morgan fingerprint density at radius 1 is 0.872 bits per heavy atom. The summed E-state index contributed by atoms with van der Waals surface area (Å²) in [5, 5.41) is 3.11. The van der Waals surface area contributed by atoms with Crippen LogP contribution in [0, 0.1) is 0 Å². The van der Waals surface area contributed by atoms with Gasteiger partial charge in [-0.2, -0.15) is 0 Å². The Balaban J connectivity index is 2.08. The maximum absolute atomic E-state index is 14.0. The summed E-state index contributed by atoms with van der Waals surface area (Å²) in [6.45, 7) is 5.20. The summed E-state index contributed by atoms with van der Waals surface area (Å²) in [7, 11) is -4.23. The molecule has 10 heteroatoms. The SMILES string of the molecule is CC[C@H](C(=O)N[C@@H](C)CC)N(Cc1ccccc1)C(=O)CN(c1cccc(Cl)c1Cl)S(=O)(=O)c1ccccc1. The molecular formula is C29H33Cl2N3O4S. The molecule has 0 fully saturated rings. The van der Waals surface area contributed by atoms with Crippen LogP contribution in [0.1, 0.15) is 39.2 Å². The smallest absolute Gasteiger partial charge is 0.264 e. The van der Waals surface area contributed by atoms with Gasteiger partial charge in [-0.25, -0.2) is 8.42 Å². The zero-order chi connectivity index (χ0) is 28.6. The van der Waals surface area contributed by atoms with E-state index in [0.717, 1.165) is 16.3 Å². The molecule has 0 spiro atoms. The molecular weight excluding hydrogens is 557 g/mol. The second-order valence-corrected chi connectivity index (χ2v) is 11.8. The first-order valence-corrected chi connectivity index (χ1v) is 14.9. The van der Waals surface area contributed by atoms with E-state index in [4.69, 9.17) is 23.2 Å². The molecule has 3 rings (SSSR count). The van der Waals surface area contributed by atoms with E-state index in [1.807, 2.05) is 51.1 Å². The van der Waals surface area contributed by atoms with Gasteiger partial charge >= 0.3 is 0 Å². The zero-order valence-corrected chi connectivity index (χ0v) is 24.5. The van der Waals surface area contributed by atoms with E-state index < -0.39 is 28.5 Å². The summed E-state index contributed by atoms with van der Waals surface area (Å²) in [5.41, 5.74) is 0.872. The van der Waals surface area contributed by atoms with Crippen LogP contribution in [0.4, 0.5) is 5.69 Å². The highest BCUT2D eigenvalue weighted by Gasteiger charge is 2.34. The monoisotopic (exact) mass is 589 g/mol. The lowest BCUT2D eigenvalue weighted by molar-refractivity contribution is -0.140. The van der Waals surface area contributed by atoms with Crippen molar-refractivity contribution in [2.45, 2.75) is 57.1 Å². The summed E-state index contributed by atoms with van der Waals surface area (Å²) in [6, 6.07) is 20.7. The zero-order valence-electron chi connectivity index (χ0n) is 22.2. The van der Waals surface area contributed by atoms with Crippen molar-refractivity contribution in [2.75, 3.05) is 10.8 Å². The summed E-state index contributed by atoms with van der Waals surface area (Å²) >= 11 is 12.7. The van der Waals surface area contributed by atoms with E-state index in [9.17, 15) is 18.0 Å². The third kappa shape index (κ3) is 7.53. The van der Waals surface area contributed by atoms with Crippen LogP contribution < -0.4 is 9.62 Å². The Morgan fingerprint density at radius 3 is 2.08 bits per heavy atom. The van der Waals surface area contributed by atoms with Crippen molar-refractivity contribution in [2.24, 2.45) is 0 Å². The van der Waals surface area contributed by atoms with Crippen molar-refractivity contribution in [3.8, 4) is 0 Å². The molecule has 7 nitrogen and oxygen atoms in total. The van der Waals surface area contributed by atoms with Gasteiger partial charge in [-0.3, -0.25) is 13.9 Å². The molecule has 0 aliphatic carbocycles. The first kappa shape index (κ1) is 30.5. The van der Waals surface area contributed by atoms with Crippen LogP contribution in [0.25, 0.3) is 0 Å². The highest BCUT2D eigenvalue weighted by atomic mass is 35.5. The van der Waals surface area contributed by atoms with Crippen LogP contribution in [0.3, 0.4) is 0 Å². The summed E-state index contributed by atoms with van der Waals surface area (Å²) in [6.07, 6.45) is 1.06. The molecule has 0 aliphatic heterocycles. The molecule has 0 aliphatic rings. The fourth-order valence-corrected chi connectivity index (χ4v) is 5.95. The Hall–Kier alpha value is -3.07. The molecule has 39 heavy (non-hydrogen) atoms. The van der Waals surface area contributed by atoms with Crippen LogP contribution in [-0.4, -0.2) is 43.8 Å². The van der Waals surface area contributed by atoms with Gasteiger partial charge in [0.2, 0.25) is 11.8 Å². The van der Waals surface area contributed by atoms with Gasteiger partial charge in [-0.1, -0.05) is 91.6 Å². The molecule has 2 amide bonds. The summed E-state index contributed by atoms with van der Waals surface area (Å²) in [4.78, 5) is 28.7. The normalized spacial score (nSPS) is 12.8. The van der Waals surface area contributed by atoms with Crippen LogP contribution in [0.5, 0.6) is 0 Å². The predicted molar refractivity (Wildman–Crippen MR) is 156 cm³/mol. The van der Waals surface area contributed by atoms with Gasteiger partial charge in [-0.05, 0) is 49.6 Å². The van der Waals surface area contributed by atoms with E-state index in [0.29, 0.717) is 6.42 Å². The highest BCUT2D eigenvalue weighted by Crippen LogP contribution is 2.35. The number of carbonyl (C=O) groups is 2.